The van der Waals surface area contributed by atoms with Gasteiger partial charge in [0.1, 0.15) is 0 Å². The van der Waals surface area contributed by atoms with E-state index in [1.807, 2.05) is 0 Å². The van der Waals surface area contributed by atoms with Crippen LogP contribution in [-0.4, -0.2) is 55.1 Å². The van der Waals surface area contributed by atoms with E-state index in [0.717, 1.165) is 18.5 Å². The lowest BCUT2D eigenvalue weighted by Crippen LogP contribution is -2.60. The molecule has 1 aliphatic carbocycles. The molecule has 0 radical (unpaired) electrons. The standard InChI is InChI=1S/C16H33N3/c1-4-14-5-7-15(8-6-14)19(3)16(13-17)9-11-18(2)12-10-16/h14-15H,4-13,17H2,1-3H3. The van der Waals surface area contributed by atoms with Crippen molar-refractivity contribution in [2.75, 3.05) is 33.7 Å². The minimum Gasteiger partial charge on any atom is -0.329 e. The minimum absolute atomic E-state index is 0.274. The summed E-state index contributed by atoms with van der Waals surface area (Å²) in [5.74, 6) is 0.982. The topological polar surface area (TPSA) is 32.5 Å². The van der Waals surface area contributed by atoms with Gasteiger partial charge in [0.15, 0.2) is 0 Å². The molecule has 3 heteroatoms. The summed E-state index contributed by atoms with van der Waals surface area (Å²) < 4.78 is 0. The van der Waals surface area contributed by atoms with E-state index in [0.29, 0.717) is 0 Å². The van der Waals surface area contributed by atoms with Crippen LogP contribution in [0.4, 0.5) is 0 Å². The number of rotatable bonds is 4. The molecule has 0 amide bonds. The summed E-state index contributed by atoms with van der Waals surface area (Å²) in [6.45, 7) is 5.57. The van der Waals surface area contributed by atoms with Gasteiger partial charge < -0.3 is 10.6 Å². The lowest BCUT2D eigenvalue weighted by molar-refractivity contribution is 0.00596. The highest BCUT2D eigenvalue weighted by molar-refractivity contribution is 4.97. The molecule has 1 aliphatic heterocycles. The van der Waals surface area contributed by atoms with Crippen LogP contribution in [0.15, 0.2) is 0 Å². The first kappa shape index (κ1) is 15.3. The van der Waals surface area contributed by atoms with Crippen molar-refractivity contribution in [2.45, 2.75) is 63.5 Å². The summed E-state index contributed by atoms with van der Waals surface area (Å²) in [5.41, 5.74) is 6.46. The van der Waals surface area contributed by atoms with Crippen LogP contribution in [0.25, 0.3) is 0 Å². The van der Waals surface area contributed by atoms with Crippen LogP contribution in [-0.2, 0) is 0 Å². The second-order valence-corrected chi connectivity index (χ2v) is 6.93. The molecular formula is C16H33N3. The number of nitrogens with two attached hydrogens (primary N) is 1. The second kappa shape index (κ2) is 6.55. The second-order valence-electron chi connectivity index (χ2n) is 6.93. The maximum atomic E-state index is 6.18. The Balaban J connectivity index is 1.95. The average Bonchev–Trinajstić information content (AvgIpc) is 2.48. The van der Waals surface area contributed by atoms with E-state index in [1.165, 1.54) is 58.0 Å². The third-order valence-corrected chi connectivity index (χ3v) is 5.99. The van der Waals surface area contributed by atoms with Crippen LogP contribution in [0.1, 0.15) is 51.9 Å². The normalized spacial score (nSPS) is 32.7. The number of nitrogens with zero attached hydrogens (tertiary/aromatic N) is 2. The highest BCUT2D eigenvalue weighted by Gasteiger charge is 2.39. The Morgan fingerprint density at radius 3 is 2.21 bits per heavy atom. The number of hydrogen-bond acceptors (Lipinski definition) is 3. The summed E-state index contributed by atoms with van der Waals surface area (Å²) >= 11 is 0. The maximum Gasteiger partial charge on any atom is 0.0355 e. The van der Waals surface area contributed by atoms with Crippen molar-refractivity contribution < 1.29 is 0 Å². The van der Waals surface area contributed by atoms with E-state index in [-0.39, 0.29) is 5.54 Å². The van der Waals surface area contributed by atoms with E-state index in [4.69, 9.17) is 5.73 Å². The predicted octanol–water partition coefficient (Wildman–Crippen LogP) is 2.31. The monoisotopic (exact) mass is 267 g/mol. The van der Waals surface area contributed by atoms with Crippen LogP contribution >= 0.6 is 0 Å². The molecule has 2 aliphatic rings. The van der Waals surface area contributed by atoms with E-state index in [9.17, 15) is 0 Å². The van der Waals surface area contributed by atoms with Crippen molar-refractivity contribution in [3.05, 3.63) is 0 Å². The third-order valence-electron chi connectivity index (χ3n) is 5.99. The molecule has 1 saturated carbocycles. The number of likely N-dealkylation sites (N-methyl/N-ethyl adjacent to an activating group) is 1. The molecule has 0 bridgehead atoms. The molecule has 1 saturated heterocycles. The van der Waals surface area contributed by atoms with Gasteiger partial charge >= 0.3 is 0 Å². The highest BCUT2D eigenvalue weighted by atomic mass is 15.2. The van der Waals surface area contributed by atoms with Gasteiger partial charge in [-0.3, -0.25) is 4.90 Å². The van der Waals surface area contributed by atoms with Gasteiger partial charge in [-0.2, -0.15) is 0 Å². The van der Waals surface area contributed by atoms with Gasteiger partial charge in [0.25, 0.3) is 0 Å². The van der Waals surface area contributed by atoms with Gasteiger partial charge in [0.2, 0.25) is 0 Å². The Hall–Kier alpha value is -0.120. The van der Waals surface area contributed by atoms with E-state index in [2.05, 4.69) is 30.8 Å². The lowest BCUT2D eigenvalue weighted by Gasteiger charge is -2.50. The van der Waals surface area contributed by atoms with E-state index in [1.54, 1.807) is 0 Å². The molecule has 2 N–H and O–H groups in total. The molecule has 0 aromatic heterocycles. The first-order valence-electron chi connectivity index (χ1n) is 8.23. The zero-order valence-electron chi connectivity index (χ0n) is 13.2. The predicted molar refractivity (Wildman–Crippen MR) is 82.3 cm³/mol. The van der Waals surface area contributed by atoms with E-state index < -0.39 is 0 Å². The Kier molecular flexibility index (Phi) is 5.27. The first-order valence-corrected chi connectivity index (χ1v) is 8.23. The Bertz CT molecular complexity index is 263. The van der Waals surface area contributed by atoms with Crippen molar-refractivity contribution in [2.24, 2.45) is 11.7 Å². The number of piperidine rings is 1. The molecule has 1 heterocycles. The Labute approximate surface area is 119 Å². The fourth-order valence-electron chi connectivity index (χ4n) is 4.06. The zero-order chi connectivity index (χ0) is 13.9. The summed E-state index contributed by atoms with van der Waals surface area (Å²) in [7, 11) is 4.57. The highest BCUT2D eigenvalue weighted by Crippen LogP contribution is 2.35. The molecule has 0 atom stereocenters. The smallest absolute Gasteiger partial charge is 0.0355 e. The van der Waals surface area contributed by atoms with Gasteiger partial charge in [0.05, 0.1) is 0 Å². The average molecular weight is 267 g/mol. The van der Waals surface area contributed by atoms with Crippen LogP contribution in [0, 0.1) is 5.92 Å². The third kappa shape index (κ3) is 3.32. The van der Waals surface area contributed by atoms with Crippen LogP contribution in [0.5, 0.6) is 0 Å². The lowest BCUT2D eigenvalue weighted by atomic mass is 9.79. The molecule has 3 nitrogen and oxygen atoms in total. The van der Waals surface area contributed by atoms with Gasteiger partial charge in [-0.15, -0.1) is 0 Å². The molecule has 112 valence electrons. The minimum atomic E-state index is 0.274. The molecule has 0 aromatic carbocycles. The molecule has 2 rings (SSSR count). The molecule has 0 aromatic rings. The summed E-state index contributed by atoms with van der Waals surface area (Å²) in [6.07, 6.45) is 9.45. The van der Waals surface area contributed by atoms with Crippen LogP contribution < -0.4 is 5.73 Å². The van der Waals surface area contributed by atoms with Crippen molar-refractivity contribution >= 4 is 0 Å². The van der Waals surface area contributed by atoms with Crippen molar-refractivity contribution in [3.8, 4) is 0 Å². The fraction of sp³-hybridized carbons (Fsp3) is 1.00. The van der Waals surface area contributed by atoms with Gasteiger partial charge in [-0.25, -0.2) is 0 Å². The summed E-state index contributed by atoms with van der Waals surface area (Å²) in [6, 6.07) is 0.773. The SMILES string of the molecule is CCC1CCC(N(C)C2(CN)CCN(C)CC2)CC1. The van der Waals surface area contributed by atoms with Crippen LogP contribution in [0.3, 0.4) is 0 Å². The maximum absolute atomic E-state index is 6.18. The van der Waals surface area contributed by atoms with Crippen molar-refractivity contribution in [1.82, 2.24) is 9.80 Å². The quantitative estimate of drug-likeness (QED) is 0.848. The number of likely N-dealkylation sites (tertiary alicyclic amines) is 1. The molecule has 2 fully saturated rings. The van der Waals surface area contributed by atoms with Crippen LogP contribution in [0.2, 0.25) is 0 Å². The summed E-state index contributed by atoms with van der Waals surface area (Å²) in [5, 5.41) is 0. The van der Waals surface area contributed by atoms with E-state index >= 15 is 0 Å². The van der Waals surface area contributed by atoms with Gasteiger partial charge in [0, 0.05) is 18.1 Å². The molecule has 19 heavy (non-hydrogen) atoms. The Morgan fingerprint density at radius 1 is 1.16 bits per heavy atom. The van der Waals surface area contributed by atoms with Gasteiger partial charge in [-0.1, -0.05) is 13.3 Å². The Morgan fingerprint density at radius 2 is 1.74 bits per heavy atom. The largest absolute Gasteiger partial charge is 0.329 e. The zero-order valence-corrected chi connectivity index (χ0v) is 13.2. The fourth-order valence-corrected chi connectivity index (χ4v) is 4.06. The molecular weight excluding hydrogens is 234 g/mol. The molecule has 0 unspecified atom stereocenters. The summed E-state index contributed by atoms with van der Waals surface area (Å²) in [4.78, 5) is 5.11. The molecule has 0 spiro atoms. The van der Waals surface area contributed by atoms with Crippen molar-refractivity contribution in [1.29, 1.82) is 0 Å². The van der Waals surface area contributed by atoms with Crippen molar-refractivity contribution in [3.63, 3.8) is 0 Å². The number of hydrogen-bond donors (Lipinski definition) is 1. The van der Waals surface area contributed by atoms with Gasteiger partial charge in [-0.05, 0) is 71.6 Å². The first-order chi connectivity index (χ1) is 9.11.